The van der Waals surface area contributed by atoms with Gasteiger partial charge < -0.3 is 24.8 Å². The fourth-order valence-electron chi connectivity index (χ4n) is 5.58. The number of nitrogens with zero attached hydrogens (tertiary/aromatic N) is 2. The Kier molecular flexibility index (Phi) is 8.09. The summed E-state index contributed by atoms with van der Waals surface area (Å²) in [5.74, 6) is -0.370. The topological polar surface area (TPSA) is 85.0 Å². The van der Waals surface area contributed by atoms with Gasteiger partial charge in [-0.25, -0.2) is 9.37 Å². The lowest BCUT2D eigenvalue weighted by atomic mass is 9.88. The van der Waals surface area contributed by atoms with Crippen molar-refractivity contribution < 1.29 is 23.4 Å². The first-order valence-corrected chi connectivity index (χ1v) is 14.9. The van der Waals surface area contributed by atoms with E-state index in [-0.39, 0.29) is 24.5 Å². The Balaban J connectivity index is 1.06. The first-order valence-electron chi connectivity index (χ1n) is 13.8. The van der Waals surface area contributed by atoms with Gasteiger partial charge in [0.1, 0.15) is 10.4 Å². The maximum absolute atomic E-state index is 14.7. The van der Waals surface area contributed by atoms with E-state index in [4.69, 9.17) is 25.8 Å². The highest BCUT2D eigenvalue weighted by Crippen LogP contribution is 2.49. The first kappa shape index (κ1) is 28.2. The van der Waals surface area contributed by atoms with E-state index in [1.54, 1.807) is 31.3 Å². The van der Waals surface area contributed by atoms with Gasteiger partial charge in [-0.1, -0.05) is 23.7 Å². The normalized spacial score (nSPS) is 22.3. The standard InChI is InChI=1S/C30H31BrClFN4O4/c1-30(22-6-5-19(32)13-23(22)33)40-26-4-2-3-21(29(26)41-30)18-7-10-37(11-8-18)17-28(38)36-24-14-27(31)35-16-25(24)34-15-20-9-12-39-20/h2-6,13-14,16,18,20,34H,7-12,15,17H2,1H3,(H,35,36,38)/t20-,30?/m0/s1. The molecule has 4 heterocycles. The SMILES string of the molecule is CC1(c2ccc(Cl)cc2F)Oc2cccc(C3CCN(CC(=O)Nc4cc(Br)ncc4NC[C@@H]4CCO4)CC3)c2O1. The Morgan fingerprint density at radius 2 is 1.98 bits per heavy atom. The number of likely N-dealkylation sites (tertiary alicyclic amines) is 1. The van der Waals surface area contributed by atoms with Crippen LogP contribution in [0.3, 0.4) is 0 Å². The van der Waals surface area contributed by atoms with Gasteiger partial charge in [0.05, 0.1) is 35.8 Å². The number of piperidine rings is 1. The number of amides is 1. The second-order valence-corrected chi connectivity index (χ2v) is 12.0. The van der Waals surface area contributed by atoms with Crippen molar-refractivity contribution in [3.05, 3.63) is 75.2 Å². The van der Waals surface area contributed by atoms with E-state index >= 15 is 0 Å². The minimum absolute atomic E-state index is 0.0809. The van der Waals surface area contributed by atoms with Gasteiger partial charge in [-0.3, -0.25) is 9.69 Å². The number of benzene rings is 2. The van der Waals surface area contributed by atoms with Gasteiger partial charge in [0, 0.05) is 30.7 Å². The Hall–Kier alpha value is -2.92. The van der Waals surface area contributed by atoms with Crippen LogP contribution in [0.25, 0.3) is 0 Å². The maximum atomic E-state index is 14.7. The van der Waals surface area contributed by atoms with Gasteiger partial charge in [-0.15, -0.1) is 0 Å². The van der Waals surface area contributed by atoms with Gasteiger partial charge in [0.2, 0.25) is 5.91 Å². The highest BCUT2D eigenvalue weighted by atomic mass is 79.9. The largest absolute Gasteiger partial charge is 0.444 e. The number of hydrogen-bond acceptors (Lipinski definition) is 7. The summed E-state index contributed by atoms with van der Waals surface area (Å²) in [6, 6.07) is 12.1. The number of hydrogen-bond donors (Lipinski definition) is 2. The molecule has 41 heavy (non-hydrogen) atoms. The number of rotatable bonds is 8. The van der Waals surface area contributed by atoms with Gasteiger partial charge >= 0.3 is 0 Å². The van der Waals surface area contributed by atoms with Crippen molar-refractivity contribution in [1.82, 2.24) is 9.88 Å². The monoisotopic (exact) mass is 644 g/mol. The van der Waals surface area contributed by atoms with Crippen LogP contribution in [0.15, 0.2) is 53.3 Å². The average molecular weight is 646 g/mol. The number of carbonyl (C=O) groups is 1. The maximum Gasteiger partial charge on any atom is 0.278 e. The van der Waals surface area contributed by atoms with Crippen molar-refractivity contribution in [2.75, 3.05) is 43.4 Å². The number of carbonyl (C=O) groups excluding carboxylic acids is 1. The van der Waals surface area contributed by atoms with E-state index < -0.39 is 11.6 Å². The van der Waals surface area contributed by atoms with Crippen LogP contribution in [0.1, 0.15) is 43.2 Å². The molecule has 0 radical (unpaired) electrons. The number of ether oxygens (including phenoxy) is 3. The van der Waals surface area contributed by atoms with Crippen LogP contribution in [0.5, 0.6) is 11.5 Å². The smallest absolute Gasteiger partial charge is 0.278 e. The molecule has 0 saturated carbocycles. The Morgan fingerprint density at radius 1 is 1.17 bits per heavy atom. The fourth-order valence-corrected chi connectivity index (χ4v) is 6.07. The van der Waals surface area contributed by atoms with Gasteiger partial charge in [-0.2, -0.15) is 0 Å². The number of pyridine rings is 1. The zero-order valence-electron chi connectivity index (χ0n) is 22.6. The van der Waals surface area contributed by atoms with E-state index in [9.17, 15) is 9.18 Å². The molecule has 216 valence electrons. The van der Waals surface area contributed by atoms with Crippen LogP contribution in [-0.4, -0.2) is 54.7 Å². The third kappa shape index (κ3) is 6.16. The highest BCUT2D eigenvalue weighted by Gasteiger charge is 2.43. The second-order valence-electron chi connectivity index (χ2n) is 10.8. The molecule has 6 rings (SSSR count). The third-order valence-electron chi connectivity index (χ3n) is 7.88. The molecule has 0 bridgehead atoms. The van der Waals surface area contributed by atoms with Crippen LogP contribution in [0, 0.1) is 5.82 Å². The minimum Gasteiger partial charge on any atom is -0.444 e. The Bertz CT molecular complexity index is 1450. The number of fused-ring (bicyclic) bond motifs is 1. The molecule has 0 spiro atoms. The summed E-state index contributed by atoms with van der Waals surface area (Å²) in [5, 5.41) is 6.69. The van der Waals surface area contributed by atoms with E-state index in [0.717, 1.165) is 50.2 Å². The molecule has 3 aromatic rings. The van der Waals surface area contributed by atoms with Gasteiger partial charge in [0.25, 0.3) is 5.79 Å². The predicted octanol–water partition coefficient (Wildman–Crippen LogP) is 6.30. The Morgan fingerprint density at radius 3 is 2.71 bits per heavy atom. The van der Waals surface area contributed by atoms with Gasteiger partial charge in [-0.05, 0) is 84.5 Å². The minimum atomic E-state index is -1.29. The van der Waals surface area contributed by atoms with Crippen molar-refractivity contribution in [3.63, 3.8) is 0 Å². The Labute approximate surface area is 251 Å². The van der Waals surface area contributed by atoms with E-state index in [2.05, 4.69) is 36.4 Å². The number of nitrogens with one attached hydrogen (secondary N) is 2. The predicted molar refractivity (Wildman–Crippen MR) is 158 cm³/mol. The van der Waals surface area contributed by atoms with Crippen LogP contribution in [-0.2, 0) is 15.3 Å². The van der Waals surface area contributed by atoms with Crippen LogP contribution < -0.4 is 20.1 Å². The summed E-state index contributed by atoms with van der Waals surface area (Å²) in [6.45, 7) is 4.99. The molecule has 2 aromatic carbocycles. The molecule has 2 saturated heterocycles. The molecular formula is C30H31BrClFN4O4. The summed E-state index contributed by atoms with van der Waals surface area (Å²) >= 11 is 9.35. The number of aromatic nitrogens is 1. The quantitative estimate of drug-likeness (QED) is 0.278. The molecule has 11 heteroatoms. The molecular weight excluding hydrogens is 615 g/mol. The lowest BCUT2D eigenvalue weighted by molar-refractivity contribution is -0.117. The summed E-state index contributed by atoms with van der Waals surface area (Å²) in [4.78, 5) is 19.4. The first-order chi connectivity index (χ1) is 19.8. The number of halogens is 3. The van der Waals surface area contributed by atoms with Crippen molar-refractivity contribution in [2.24, 2.45) is 0 Å². The highest BCUT2D eigenvalue weighted by molar-refractivity contribution is 9.10. The lowest BCUT2D eigenvalue weighted by Crippen LogP contribution is -2.39. The fraction of sp³-hybridized carbons (Fsp3) is 0.400. The van der Waals surface area contributed by atoms with E-state index in [1.807, 2.05) is 18.2 Å². The molecule has 2 fully saturated rings. The van der Waals surface area contributed by atoms with E-state index in [0.29, 0.717) is 38.9 Å². The van der Waals surface area contributed by atoms with Crippen molar-refractivity contribution >= 4 is 44.8 Å². The summed E-state index contributed by atoms with van der Waals surface area (Å²) in [5.41, 5.74) is 2.78. The van der Waals surface area contributed by atoms with Crippen molar-refractivity contribution in [1.29, 1.82) is 0 Å². The molecule has 1 amide bonds. The van der Waals surface area contributed by atoms with Crippen molar-refractivity contribution in [3.8, 4) is 11.5 Å². The van der Waals surface area contributed by atoms with Gasteiger partial charge in [0.15, 0.2) is 11.5 Å². The molecule has 3 aliphatic rings. The third-order valence-corrected chi connectivity index (χ3v) is 8.55. The summed E-state index contributed by atoms with van der Waals surface area (Å²) in [6.07, 6.45) is 4.64. The second kappa shape index (κ2) is 11.8. The zero-order chi connectivity index (χ0) is 28.6. The summed E-state index contributed by atoms with van der Waals surface area (Å²) < 4.78 is 33.3. The van der Waals surface area contributed by atoms with E-state index in [1.165, 1.54) is 6.07 Å². The lowest BCUT2D eigenvalue weighted by Gasteiger charge is -2.32. The molecule has 1 aromatic heterocycles. The summed E-state index contributed by atoms with van der Waals surface area (Å²) in [7, 11) is 0. The van der Waals surface area contributed by atoms with Crippen LogP contribution in [0.4, 0.5) is 15.8 Å². The van der Waals surface area contributed by atoms with Crippen LogP contribution in [0.2, 0.25) is 5.02 Å². The van der Waals surface area contributed by atoms with Crippen molar-refractivity contribution in [2.45, 2.75) is 44.0 Å². The molecule has 2 atom stereocenters. The average Bonchev–Trinajstić information content (AvgIpc) is 3.26. The molecule has 0 aliphatic carbocycles. The number of para-hydroxylation sites is 1. The zero-order valence-corrected chi connectivity index (χ0v) is 24.9. The molecule has 2 N–H and O–H groups in total. The van der Waals surface area contributed by atoms with Crippen LogP contribution >= 0.6 is 27.5 Å². The molecule has 8 nitrogen and oxygen atoms in total. The molecule has 3 aliphatic heterocycles. The number of anilines is 2. The molecule has 1 unspecified atom stereocenters.